The Hall–Kier alpha value is -3.41. The molecule has 2 aromatic heterocycles. The number of nitrogens with one attached hydrogen (secondary N) is 2. The van der Waals surface area contributed by atoms with E-state index in [1.165, 1.54) is 23.1 Å². The van der Waals surface area contributed by atoms with Gasteiger partial charge in [-0.2, -0.15) is 0 Å². The maximum Gasteiger partial charge on any atom is 0.258 e. The van der Waals surface area contributed by atoms with Gasteiger partial charge in [-0.3, -0.25) is 14.2 Å². The lowest BCUT2D eigenvalue weighted by atomic mass is 10.1. The van der Waals surface area contributed by atoms with Crippen LogP contribution in [0.2, 0.25) is 5.02 Å². The van der Waals surface area contributed by atoms with Crippen LogP contribution in [0.15, 0.2) is 59.2 Å². The highest BCUT2D eigenvalue weighted by molar-refractivity contribution is 7.99. The Morgan fingerprint density at radius 3 is 2.67 bits per heavy atom. The molecule has 9 nitrogen and oxygen atoms in total. The fourth-order valence-corrected chi connectivity index (χ4v) is 4.64. The molecule has 186 valence electrons. The van der Waals surface area contributed by atoms with Crippen LogP contribution in [0.1, 0.15) is 17.0 Å². The summed E-state index contributed by atoms with van der Waals surface area (Å²) in [5, 5.41) is 17.6. The number of halogens is 1. The van der Waals surface area contributed by atoms with Gasteiger partial charge in [0.05, 0.1) is 18.0 Å². The Morgan fingerprint density at radius 2 is 1.92 bits per heavy atom. The van der Waals surface area contributed by atoms with Crippen molar-refractivity contribution in [1.82, 2.24) is 25.1 Å². The minimum Gasteiger partial charge on any atom is -0.484 e. The van der Waals surface area contributed by atoms with E-state index >= 15 is 0 Å². The SMILES string of the molecule is Cc1cccc(-n2c(CNC(=O)COc3ccc(Cl)cc3)nnc2SCC(=O)Nc2nccs2)c1C. The molecule has 0 aliphatic rings. The minimum absolute atomic E-state index is 0.129. The Labute approximate surface area is 221 Å². The summed E-state index contributed by atoms with van der Waals surface area (Å²) in [6.45, 7) is 4.01. The molecule has 36 heavy (non-hydrogen) atoms. The first kappa shape index (κ1) is 25.7. The van der Waals surface area contributed by atoms with Crippen molar-refractivity contribution in [2.24, 2.45) is 0 Å². The van der Waals surface area contributed by atoms with Gasteiger partial charge in [0.2, 0.25) is 5.91 Å². The van der Waals surface area contributed by atoms with Gasteiger partial charge in [-0.05, 0) is 55.3 Å². The van der Waals surface area contributed by atoms with Crippen molar-refractivity contribution in [2.75, 3.05) is 17.7 Å². The quantitative estimate of drug-likeness (QED) is 0.285. The zero-order valence-corrected chi connectivity index (χ0v) is 21.9. The predicted octanol–water partition coefficient (Wildman–Crippen LogP) is 4.42. The second-order valence-corrected chi connectivity index (χ2v) is 9.92. The summed E-state index contributed by atoms with van der Waals surface area (Å²) in [6.07, 6.45) is 1.63. The molecular weight excluding hydrogens is 520 g/mol. The number of thiazole rings is 1. The Morgan fingerprint density at radius 1 is 1.11 bits per heavy atom. The number of aryl methyl sites for hydroxylation is 1. The van der Waals surface area contributed by atoms with Gasteiger partial charge < -0.3 is 15.4 Å². The molecule has 0 unspecified atom stereocenters. The van der Waals surface area contributed by atoms with Gasteiger partial charge in [0.1, 0.15) is 5.75 Å². The van der Waals surface area contributed by atoms with Crippen molar-refractivity contribution >= 4 is 51.6 Å². The third kappa shape index (κ3) is 6.62. The molecule has 0 spiro atoms. The number of hydrogen-bond donors (Lipinski definition) is 2. The summed E-state index contributed by atoms with van der Waals surface area (Å²) in [7, 11) is 0. The summed E-state index contributed by atoms with van der Waals surface area (Å²) in [5.41, 5.74) is 3.03. The maximum absolute atomic E-state index is 12.4. The zero-order chi connectivity index (χ0) is 25.5. The van der Waals surface area contributed by atoms with E-state index in [-0.39, 0.29) is 30.7 Å². The first-order valence-corrected chi connectivity index (χ1v) is 13.1. The topological polar surface area (TPSA) is 111 Å². The molecule has 0 aliphatic carbocycles. The largest absolute Gasteiger partial charge is 0.484 e. The molecule has 2 heterocycles. The number of carbonyl (C=O) groups is 2. The normalized spacial score (nSPS) is 10.8. The van der Waals surface area contributed by atoms with E-state index < -0.39 is 0 Å². The Balaban J connectivity index is 1.46. The lowest BCUT2D eigenvalue weighted by molar-refractivity contribution is -0.123. The smallest absolute Gasteiger partial charge is 0.258 e. The summed E-state index contributed by atoms with van der Waals surface area (Å²) >= 11 is 8.48. The van der Waals surface area contributed by atoms with Crippen LogP contribution in [0.3, 0.4) is 0 Å². The first-order chi connectivity index (χ1) is 17.4. The molecule has 0 aliphatic heterocycles. The molecule has 0 bridgehead atoms. The fourth-order valence-electron chi connectivity index (χ4n) is 3.21. The van der Waals surface area contributed by atoms with Crippen LogP contribution >= 0.6 is 34.7 Å². The molecule has 12 heteroatoms. The molecule has 4 rings (SSSR count). The summed E-state index contributed by atoms with van der Waals surface area (Å²) in [6, 6.07) is 12.7. The van der Waals surface area contributed by atoms with Crippen molar-refractivity contribution in [3.05, 3.63) is 76.0 Å². The molecule has 0 atom stereocenters. The van der Waals surface area contributed by atoms with Crippen molar-refractivity contribution in [2.45, 2.75) is 25.5 Å². The van der Waals surface area contributed by atoms with Crippen LogP contribution in [-0.2, 0) is 16.1 Å². The van der Waals surface area contributed by atoms with Crippen molar-refractivity contribution in [3.8, 4) is 11.4 Å². The molecular formula is C24H23ClN6O3S2. The number of ether oxygens (including phenoxy) is 1. The fraction of sp³-hybridized carbons (Fsp3) is 0.208. The van der Waals surface area contributed by atoms with Gasteiger partial charge in [-0.15, -0.1) is 21.5 Å². The molecule has 2 aromatic carbocycles. The molecule has 0 saturated carbocycles. The van der Waals surface area contributed by atoms with Gasteiger partial charge in [-0.25, -0.2) is 4.98 Å². The van der Waals surface area contributed by atoms with Gasteiger partial charge in [0.25, 0.3) is 5.91 Å². The number of rotatable bonds is 10. The first-order valence-electron chi connectivity index (χ1n) is 10.9. The zero-order valence-electron chi connectivity index (χ0n) is 19.5. The summed E-state index contributed by atoms with van der Waals surface area (Å²) in [4.78, 5) is 28.9. The highest BCUT2D eigenvalue weighted by atomic mass is 35.5. The van der Waals surface area contributed by atoms with E-state index in [1.807, 2.05) is 36.6 Å². The molecule has 4 aromatic rings. The molecule has 0 radical (unpaired) electrons. The van der Waals surface area contributed by atoms with Gasteiger partial charge in [0.15, 0.2) is 22.7 Å². The predicted molar refractivity (Wildman–Crippen MR) is 141 cm³/mol. The van der Waals surface area contributed by atoms with E-state index in [4.69, 9.17) is 16.3 Å². The highest BCUT2D eigenvalue weighted by Crippen LogP contribution is 2.26. The van der Waals surface area contributed by atoms with E-state index in [9.17, 15) is 9.59 Å². The van der Waals surface area contributed by atoms with Gasteiger partial charge >= 0.3 is 0 Å². The Bertz CT molecular complexity index is 1340. The van der Waals surface area contributed by atoms with Gasteiger partial charge in [-0.1, -0.05) is 35.5 Å². The average molecular weight is 543 g/mol. The van der Waals surface area contributed by atoms with E-state index in [0.29, 0.717) is 26.9 Å². The molecule has 2 amide bonds. The maximum atomic E-state index is 12.4. The lowest BCUT2D eigenvalue weighted by Crippen LogP contribution is -2.29. The van der Waals surface area contributed by atoms with Crippen molar-refractivity contribution in [1.29, 1.82) is 0 Å². The number of nitrogens with zero attached hydrogens (tertiary/aromatic N) is 4. The monoisotopic (exact) mass is 542 g/mol. The van der Waals surface area contributed by atoms with Crippen molar-refractivity contribution < 1.29 is 14.3 Å². The van der Waals surface area contributed by atoms with Gasteiger partial charge in [0, 0.05) is 16.6 Å². The molecule has 0 saturated heterocycles. The van der Waals surface area contributed by atoms with E-state index in [1.54, 1.807) is 35.8 Å². The summed E-state index contributed by atoms with van der Waals surface area (Å²) < 4.78 is 7.37. The van der Waals surface area contributed by atoms with E-state index in [2.05, 4.69) is 25.8 Å². The molecule has 2 N–H and O–H groups in total. The lowest BCUT2D eigenvalue weighted by Gasteiger charge is -2.15. The second-order valence-electron chi connectivity index (χ2n) is 7.65. The molecule has 0 fully saturated rings. The van der Waals surface area contributed by atoms with E-state index in [0.717, 1.165) is 16.8 Å². The number of hydrogen-bond acceptors (Lipinski definition) is 8. The number of aromatic nitrogens is 4. The number of amides is 2. The van der Waals surface area contributed by atoms with Crippen LogP contribution in [0.4, 0.5) is 5.13 Å². The number of benzene rings is 2. The van der Waals surface area contributed by atoms with Crippen LogP contribution in [0.25, 0.3) is 5.69 Å². The number of anilines is 1. The van der Waals surface area contributed by atoms with Crippen LogP contribution < -0.4 is 15.4 Å². The number of carbonyl (C=O) groups excluding carboxylic acids is 2. The highest BCUT2D eigenvalue weighted by Gasteiger charge is 2.19. The average Bonchev–Trinajstić information content (AvgIpc) is 3.52. The third-order valence-electron chi connectivity index (χ3n) is 5.16. The number of thioether (sulfide) groups is 1. The van der Waals surface area contributed by atoms with Crippen molar-refractivity contribution in [3.63, 3.8) is 0 Å². The Kier molecular flexibility index (Phi) is 8.57. The van der Waals surface area contributed by atoms with Crippen LogP contribution in [0, 0.1) is 13.8 Å². The van der Waals surface area contributed by atoms with Crippen LogP contribution in [0.5, 0.6) is 5.75 Å². The second kappa shape index (κ2) is 12.0. The minimum atomic E-state index is -0.308. The summed E-state index contributed by atoms with van der Waals surface area (Å²) in [5.74, 6) is 0.704. The van der Waals surface area contributed by atoms with Crippen LogP contribution in [-0.4, -0.2) is 43.9 Å². The third-order valence-corrected chi connectivity index (χ3v) is 7.03. The standard InChI is InChI=1S/C24H23ClN6O3S2/c1-15-4-3-5-19(16(15)2)31-20(12-27-21(32)13-34-18-8-6-17(25)7-9-18)29-30-24(31)36-14-22(33)28-23-26-10-11-35-23/h3-11H,12-14H2,1-2H3,(H,27,32)(H,26,28,33).